The summed E-state index contributed by atoms with van der Waals surface area (Å²) in [5, 5.41) is 5.81. The molecule has 0 saturated heterocycles. The molecule has 1 aromatic rings. The lowest BCUT2D eigenvalue weighted by Gasteiger charge is -2.32. The topological polar surface area (TPSA) is 93.7 Å². The number of carbonyl (C=O) groups excluding carboxylic acids is 3. The molecule has 1 aromatic carbocycles. The molecule has 0 radical (unpaired) electrons. The van der Waals surface area contributed by atoms with E-state index in [2.05, 4.69) is 10.6 Å². The summed E-state index contributed by atoms with van der Waals surface area (Å²) in [7, 11) is 1.24. The highest BCUT2D eigenvalue weighted by Gasteiger charge is 2.39. The van der Waals surface area contributed by atoms with Crippen LogP contribution >= 0.6 is 0 Å². The lowest BCUT2D eigenvalue weighted by molar-refractivity contribution is -0.159. The van der Waals surface area contributed by atoms with Crippen molar-refractivity contribution in [3.63, 3.8) is 0 Å². The predicted molar refractivity (Wildman–Crippen MR) is 122 cm³/mol. The number of halogens is 1. The molecular weight excluding hydrogens is 427 g/mol. The van der Waals surface area contributed by atoms with Gasteiger partial charge >= 0.3 is 11.9 Å². The Bertz CT molecular complexity index is 1000. The van der Waals surface area contributed by atoms with E-state index in [1.165, 1.54) is 25.3 Å². The van der Waals surface area contributed by atoms with Gasteiger partial charge < -0.3 is 20.1 Å². The van der Waals surface area contributed by atoms with Crippen LogP contribution in [0.1, 0.15) is 59.9 Å². The molecule has 0 spiro atoms. The van der Waals surface area contributed by atoms with Gasteiger partial charge in [-0.2, -0.15) is 0 Å². The normalized spacial score (nSPS) is 17.5. The highest BCUT2D eigenvalue weighted by molar-refractivity contribution is 6.03. The molecule has 180 valence electrons. The molecule has 2 rings (SSSR count). The smallest absolute Gasteiger partial charge is 0.336 e. The van der Waals surface area contributed by atoms with Crippen LogP contribution in [0.15, 0.2) is 46.8 Å². The van der Waals surface area contributed by atoms with Crippen molar-refractivity contribution in [1.82, 2.24) is 10.6 Å². The van der Waals surface area contributed by atoms with Gasteiger partial charge in [0.2, 0.25) is 0 Å². The fraction of sp³-hybridized carbons (Fsp3) is 0.480. The van der Waals surface area contributed by atoms with E-state index in [1.807, 2.05) is 0 Å². The molecule has 1 heterocycles. The first kappa shape index (κ1) is 26.1. The second-order valence-corrected chi connectivity index (χ2v) is 9.41. The second kappa shape index (κ2) is 10.2. The Morgan fingerprint density at radius 3 is 2.21 bits per heavy atom. The number of carbonyl (C=O) groups is 3. The predicted octanol–water partition coefficient (Wildman–Crippen LogP) is 3.72. The van der Waals surface area contributed by atoms with Crippen LogP contribution < -0.4 is 10.6 Å². The number of ether oxygens (including phenoxy) is 2. The largest absolute Gasteiger partial charge is 0.466 e. The van der Waals surface area contributed by atoms with E-state index in [-0.39, 0.29) is 17.1 Å². The molecule has 0 saturated carbocycles. The number of methoxy groups -OCH3 is 1. The summed E-state index contributed by atoms with van der Waals surface area (Å²) < 4.78 is 24.5. The van der Waals surface area contributed by atoms with Crippen LogP contribution in [0.25, 0.3) is 0 Å². The van der Waals surface area contributed by atoms with Crippen molar-refractivity contribution in [2.45, 2.75) is 66.0 Å². The van der Waals surface area contributed by atoms with E-state index in [1.54, 1.807) is 54.5 Å². The van der Waals surface area contributed by atoms with Crippen molar-refractivity contribution in [3.05, 3.63) is 58.2 Å². The van der Waals surface area contributed by atoms with Crippen LogP contribution in [0.4, 0.5) is 4.39 Å². The fourth-order valence-corrected chi connectivity index (χ4v) is 3.78. The van der Waals surface area contributed by atoms with Crippen molar-refractivity contribution in [3.8, 4) is 0 Å². The number of nitrogens with one attached hydrogen (secondary N) is 2. The van der Waals surface area contributed by atoms with Gasteiger partial charge in [0.1, 0.15) is 17.5 Å². The first-order chi connectivity index (χ1) is 15.3. The van der Waals surface area contributed by atoms with Gasteiger partial charge in [-0.25, -0.2) is 14.0 Å². The molecule has 8 heteroatoms. The zero-order valence-electron chi connectivity index (χ0n) is 20.5. The molecule has 0 fully saturated rings. The molecule has 1 amide bonds. The third-order valence-corrected chi connectivity index (χ3v) is 5.21. The molecule has 0 aromatic heterocycles. The third-order valence-electron chi connectivity index (χ3n) is 5.21. The number of amides is 1. The SMILES string of the molecule is COC(=O)C1=C(C)NC(C)=C(C(=O)N[C@H](C(=O)OC(C)(C)C)C(C)C)C1c1cccc(F)c1. The number of esters is 2. The average molecular weight is 461 g/mol. The lowest BCUT2D eigenvalue weighted by atomic mass is 9.80. The summed E-state index contributed by atoms with van der Waals surface area (Å²) in [5.74, 6) is -3.41. The summed E-state index contributed by atoms with van der Waals surface area (Å²) in [6.07, 6.45) is 0. The quantitative estimate of drug-likeness (QED) is 0.629. The summed E-state index contributed by atoms with van der Waals surface area (Å²) >= 11 is 0. The first-order valence-corrected chi connectivity index (χ1v) is 10.8. The zero-order chi connectivity index (χ0) is 25.1. The molecular formula is C25H33FN2O5. The number of hydrogen-bond acceptors (Lipinski definition) is 6. The summed E-state index contributed by atoms with van der Waals surface area (Å²) in [6.45, 7) is 12.2. The third kappa shape index (κ3) is 6.21. The minimum Gasteiger partial charge on any atom is -0.466 e. The molecule has 2 N–H and O–H groups in total. The molecule has 2 atom stereocenters. The van der Waals surface area contributed by atoms with E-state index < -0.39 is 41.2 Å². The van der Waals surface area contributed by atoms with E-state index in [0.717, 1.165) is 0 Å². The van der Waals surface area contributed by atoms with Gasteiger partial charge in [0.25, 0.3) is 5.91 Å². The van der Waals surface area contributed by atoms with Crippen molar-refractivity contribution in [1.29, 1.82) is 0 Å². The average Bonchev–Trinajstić information content (AvgIpc) is 2.69. The van der Waals surface area contributed by atoms with E-state index in [4.69, 9.17) is 9.47 Å². The van der Waals surface area contributed by atoms with Gasteiger partial charge in [0.05, 0.1) is 18.6 Å². The highest BCUT2D eigenvalue weighted by Crippen LogP contribution is 2.39. The van der Waals surface area contributed by atoms with Crippen LogP contribution in [-0.2, 0) is 23.9 Å². The van der Waals surface area contributed by atoms with Crippen molar-refractivity contribution >= 4 is 17.8 Å². The van der Waals surface area contributed by atoms with E-state index >= 15 is 0 Å². The Balaban J connectivity index is 2.54. The minimum absolute atomic E-state index is 0.192. The number of hydrogen-bond donors (Lipinski definition) is 2. The van der Waals surface area contributed by atoms with Gasteiger partial charge in [0, 0.05) is 17.0 Å². The Labute approximate surface area is 194 Å². The van der Waals surface area contributed by atoms with Crippen LogP contribution in [-0.4, -0.2) is 36.6 Å². The van der Waals surface area contributed by atoms with Crippen molar-refractivity contribution < 1.29 is 28.2 Å². The Morgan fingerprint density at radius 1 is 1.09 bits per heavy atom. The van der Waals surface area contributed by atoms with Crippen LogP contribution in [0.3, 0.4) is 0 Å². The molecule has 0 bridgehead atoms. The molecule has 7 nitrogen and oxygen atoms in total. The van der Waals surface area contributed by atoms with Crippen molar-refractivity contribution in [2.24, 2.45) is 5.92 Å². The van der Waals surface area contributed by atoms with Crippen LogP contribution in [0.5, 0.6) is 0 Å². The molecule has 1 aliphatic heterocycles. The van der Waals surface area contributed by atoms with Crippen molar-refractivity contribution in [2.75, 3.05) is 7.11 Å². The number of allylic oxidation sites excluding steroid dienone is 2. The van der Waals surface area contributed by atoms with Gasteiger partial charge in [-0.3, -0.25) is 4.79 Å². The maximum atomic E-state index is 14.1. The summed E-state index contributed by atoms with van der Waals surface area (Å²) in [5.41, 5.74) is 1.06. The minimum atomic E-state index is -0.918. The first-order valence-electron chi connectivity index (χ1n) is 10.8. The zero-order valence-corrected chi connectivity index (χ0v) is 20.5. The molecule has 1 aliphatic rings. The summed E-state index contributed by atoms with van der Waals surface area (Å²) in [4.78, 5) is 39.0. The Morgan fingerprint density at radius 2 is 1.70 bits per heavy atom. The molecule has 33 heavy (non-hydrogen) atoms. The number of dihydropyridines is 1. The van der Waals surface area contributed by atoms with Gasteiger partial charge in [0.15, 0.2) is 0 Å². The van der Waals surface area contributed by atoms with E-state index in [9.17, 15) is 18.8 Å². The van der Waals surface area contributed by atoms with Crippen LogP contribution in [0, 0.1) is 11.7 Å². The monoisotopic (exact) mass is 460 g/mol. The van der Waals surface area contributed by atoms with Gasteiger partial charge in [-0.15, -0.1) is 0 Å². The van der Waals surface area contributed by atoms with Gasteiger partial charge in [-0.05, 0) is 58.2 Å². The fourth-order valence-electron chi connectivity index (χ4n) is 3.78. The molecule has 1 unspecified atom stereocenters. The van der Waals surface area contributed by atoms with E-state index in [0.29, 0.717) is 17.0 Å². The number of rotatable bonds is 6. The summed E-state index contributed by atoms with van der Waals surface area (Å²) in [6, 6.07) is 4.80. The number of benzene rings is 1. The molecule has 0 aliphatic carbocycles. The maximum Gasteiger partial charge on any atom is 0.336 e. The highest BCUT2D eigenvalue weighted by atomic mass is 19.1. The standard InChI is InChI=1S/C25H33FN2O5/c1-13(2)21(24(31)33-25(5,6)7)28-22(29)18-14(3)27-15(4)19(23(30)32-8)20(18)16-10-9-11-17(26)12-16/h9-13,20-21,27H,1-8H3,(H,28,29)/t20?,21-/m0/s1. The van der Waals surface area contributed by atoms with Crippen LogP contribution in [0.2, 0.25) is 0 Å². The van der Waals surface area contributed by atoms with Gasteiger partial charge in [-0.1, -0.05) is 26.0 Å². The maximum absolute atomic E-state index is 14.1. The Kier molecular flexibility index (Phi) is 8.06. The lowest BCUT2D eigenvalue weighted by Crippen LogP contribution is -2.49. The second-order valence-electron chi connectivity index (χ2n) is 9.41. The Hall–Kier alpha value is -3.16.